The fourth-order valence-electron chi connectivity index (χ4n) is 6.59. The Hall–Kier alpha value is -5.46. The van der Waals surface area contributed by atoms with Crippen molar-refractivity contribution in [2.24, 2.45) is 0 Å². The predicted molar refractivity (Wildman–Crippen MR) is 181 cm³/mol. The average molecular weight is 533 g/mol. The van der Waals surface area contributed by atoms with Crippen LogP contribution >= 0.6 is 0 Å². The molecule has 42 heavy (non-hydrogen) atoms. The van der Waals surface area contributed by atoms with E-state index in [-0.39, 0.29) is 0 Å². The maximum Gasteiger partial charge on any atom is -0.00199 e. The van der Waals surface area contributed by atoms with E-state index in [0.29, 0.717) is 0 Å². The lowest BCUT2D eigenvalue weighted by Gasteiger charge is -2.21. The fourth-order valence-corrected chi connectivity index (χ4v) is 6.59. The van der Waals surface area contributed by atoms with Crippen LogP contribution in [-0.4, -0.2) is 0 Å². The number of hydrogen-bond donors (Lipinski definition) is 0. The van der Waals surface area contributed by atoms with Gasteiger partial charge in [-0.2, -0.15) is 0 Å². The van der Waals surface area contributed by atoms with Crippen LogP contribution in [0.2, 0.25) is 0 Å². The molecule has 0 saturated heterocycles. The van der Waals surface area contributed by atoms with Gasteiger partial charge < -0.3 is 0 Å². The maximum atomic E-state index is 2.39. The molecule has 0 amide bonds. The first-order valence-electron chi connectivity index (χ1n) is 14.5. The van der Waals surface area contributed by atoms with Crippen LogP contribution in [0, 0.1) is 0 Å². The van der Waals surface area contributed by atoms with Gasteiger partial charge in [0, 0.05) is 0 Å². The first kappa shape index (κ1) is 24.3. The molecule has 0 atom stereocenters. The molecule has 8 aromatic carbocycles. The molecule has 0 unspecified atom stereocenters. The second-order valence-electron chi connectivity index (χ2n) is 10.9. The van der Waals surface area contributed by atoms with Crippen molar-refractivity contribution in [3.8, 4) is 44.5 Å². The molecule has 0 N–H and O–H groups in total. The van der Waals surface area contributed by atoms with Crippen molar-refractivity contribution in [3.63, 3.8) is 0 Å². The highest BCUT2D eigenvalue weighted by molar-refractivity contribution is 6.24. The molecule has 0 radical (unpaired) electrons. The van der Waals surface area contributed by atoms with E-state index in [2.05, 4.69) is 170 Å². The topological polar surface area (TPSA) is 0 Å². The standard InChI is InChI=1S/C42H28/c1-3-15-29(16-4-1)32-27-31-19-7-8-21-34(31)40(28-32)42-38-25-13-11-23-36(38)41(37-24-12-14-26-39(37)42)35-22-10-9-20-33(35)30-17-5-2-6-18-30/h1-28H. The van der Waals surface area contributed by atoms with E-state index < -0.39 is 0 Å². The Kier molecular flexibility index (Phi) is 5.90. The van der Waals surface area contributed by atoms with Gasteiger partial charge in [0.25, 0.3) is 0 Å². The molecule has 0 aliphatic rings. The van der Waals surface area contributed by atoms with Gasteiger partial charge in [-0.1, -0.05) is 158 Å². The predicted octanol–water partition coefficient (Wildman–Crippen LogP) is 11.8. The highest BCUT2D eigenvalue weighted by atomic mass is 14.2. The molecule has 0 bridgehead atoms. The quantitative estimate of drug-likeness (QED) is 0.198. The van der Waals surface area contributed by atoms with E-state index in [1.807, 2.05) is 0 Å². The van der Waals surface area contributed by atoms with Crippen LogP contribution < -0.4 is 0 Å². The molecule has 196 valence electrons. The van der Waals surface area contributed by atoms with Crippen LogP contribution in [0.1, 0.15) is 0 Å². The van der Waals surface area contributed by atoms with Gasteiger partial charge in [0.15, 0.2) is 0 Å². The van der Waals surface area contributed by atoms with Crippen molar-refractivity contribution in [1.82, 2.24) is 0 Å². The zero-order valence-corrected chi connectivity index (χ0v) is 23.2. The minimum absolute atomic E-state index is 1.23. The van der Waals surface area contributed by atoms with E-state index in [4.69, 9.17) is 0 Å². The Morgan fingerprint density at radius 1 is 0.238 bits per heavy atom. The lowest BCUT2D eigenvalue weighted by Crippen LogP contribution is -1.93. The second-order valence-corrected chi connectivity index (χ2v) is 10.9. The summed E-state index contributed by atoms with van der Waals surface area (Å²) in [6.45, 7) is 0. The SMILES string of the molecule is c1ccc(-c2cc(-c3c4ccccc4c(-c4ccccc4-c4ccccc4)c4ccccc34)c3ccccc3c2)cc1. The molecule has 0 aliphatic carbocycles. The smallest absolute Gasteiger partial charge is 0.00199 e. The first-order chi connectivity index (χ1) is 20.9. The average Bonchev–Trinajstić information content (AvgIpc) is 3.07. The molecular formula is C42H28. The monoisotopic (exact) mass is 532 g/mol. The molecular weight excluding hydrogens is 504 g/mol. The Labute approximate surface area is 246 Å². The van der Waals surface area contributed by atoms with Crippen LogP contribution in [0.15, 0.2) is 170 Å². The number of hydrogen-bond acceptors (Lipinski definition) is 0. The Morgan fingerprint density at radius 3 is 1.26 bits per heavy atom. The molecule has 0 heteroatoms. The molecule has 0 heterocycles. The van der Waals surface area contributed by atoms with E-state index in [1.165, 1.54) is 76.8 Å². The highest BCUT2D eigenvalue weighted by Gasteiger charge is 2.20. The van der Waals surface area contributed by atoms with Crippen LogP contribution in [-0.2, 0) is 0 Å². The molecule has 0 spiro atoms. The Bertz CT molecular complexity index is 2170. The fraction of sp³-hybridized carbons (Fsp3) is 0. The van der Waals surface area contributed by atoms with Crippen molar-refractivity contribution < 1.29 is 0 Å². The van der Waals surface area contributed by atoms with Gasteiger partial charge in [-0.05, 0) is 89.0 Å². The normalized spacial score (nSPS) is 11.3. The summed E-state index contributed by atoms with van der Waals surface area (Å²) in [6.07, 6.45) is 0. The molecule has 0 aliphatic heterocycles. The molecule has 8 aromatic rings. The van der Waals surface area contributed by atoms with Crippen molar-refractivity contribution >= 4 is 32.3 Å². The number of rotatable bonds is 4. The van der Waals surface area contributed by atoms with E-state index in [1.54, 1.807) is 0 Å². The lowest BCUT2D eigenvalue weighted by atomic mass is 9.82. The molecule has 0 nitrogen and oxygen atoms in total. The van der Waals surface area contributed by atoms with Gasteiger partial charge in [-0.15, -0.1) is 0 Å². The van der Waals surface area contributed by atoms with Crippen LogP contribution in [0.25, 0.3) is 76.8 Å². The van der Waals surface area contributed by atoms with Crippen molar-refractivity contribution in [2.45, 2.75) is 0 Å². The molecule has 0 saturated carbocycles. The third-order valence-corrected chi connectivity index (χ3v) is 8.45. The van der Waals surface area contributed by atoms with Gasteiger partial charge >= 0.3 is 0 Å². The summed E-state index contributed by atoms with van der Waals surface area (Å²) in [5, 5.41) is 7.59. The lowest BCUT2D eigenvalue weighted by molar-refractivity contribution is 1.60. The Balaban J connectivity index is 1.51. The van der Waals surface area contributed by atoms with Crippen molar-refractivity contribution in [1.29, 1.82) is 0 Å². The van der Waals surface area contributed by atoms with Gasteiger partial charge in [-0.3, -0.25) is 0 Å². The third kappa shape index (κ3) is 4.00. The van der Waals surface area contributed by atoms with Crippen LogP contribution in [0.4, 0.5) is 0 Å². The summed E-state index contributed by atoms with van der Waals surface area (Å²) in [5.41, 5.74) is 10.0. The van der Waals surface area contributed by atoms with Crippen LogP contribution in [0.3, 0.4) is 0 Å². The zero-order valence-electron chi connectivity index (χ0n) is 23.2. The largest absolute Gasteiger partial charge is 0.0622 e. The Morgan fingerprint density at radius 2 is 0.667 bits per heavy atom. The van der Waals surface area contributed by atoms with Gasteiger partial charge in [0.05, 0.1) is 0 Å². The van der Waals surface area contributed by atoms with E-state index in [9.17, 15) is 0 Å². The number of fused-ring (bicyclic) bond motifs is 3. The minimum Gasteiger partial charge on any atom is -0.0622 e. The molecule has 8 rings (SSSR count). The van der Waals surface area contributed by atoms with E-state index in [0.717, 1.165) is 0 Å². The number of benzene rings is 8. The maximum absolute atomic E-state index is 2.39. The van der Waals surface area contributed by atoms with Crippen LogP contribution in [0.5, 0.6) is 0 Å². The highest BCUT2D eigenvalue weighted by Crippen LogP contribution is 2.47. The molecule has 0 fully saturated rings. The zero-order chi connectivity index (χ0) is 27.9. The van der Waals surface area contributed by atoms with Gasteiger partial charge in [0.2, 0.25) is 0 Å². The molecule has 0 aromatic heterocycles. The summed E-state index contributed by atoms with van der Waals surface area (Å²) in [5.74, 6) is 0. The van der Waals surface area contributed by atoms with E-state index >= 15 is 0 Å². The summed E-state index contributed by atoms with van der Waals surface area (Å²) >= 11 is 0. The summed E-state index contributed by atoms with van der Waals surface area (Å²) in [4.78, 5) is 0. The minimum atomic E-state index is 1.23. The van der Waals surface area contributed by atoms with Crippen molar-refractivity contribution in [2.75, 3.05) is 0 Å². The van der Waals surface area contributed by atoms with Crippen molar-refractivity contribution in [3.05, 3.63) is 170 Å². The second kappa shape index (κ2) is 10.2. The third-order valence-electron chi connectivity index (χ3n) is 8.45. The first-order valence-corrected chi connectivity index (χ1v) is 14.5. The van der Waals surface area contributed by atoms with Gasteiger partial charge in [-0.25, -0.2) is 0 Å². The summed E-state index contributed by atoms with van der Waals surface area (Å²) in [6, 6.07) is 61.7. The summed E-state index contributed by atoms with van der Waals surface area (Å²) in [7, 11) is 0. The summed E-state index contributed by atoms with van der Waals surface area (Å²) < 4.78 is 0. The van der Waals surface area contributed by atoms with Gasteiger partial charge in [0.1, 0.15) is 0 Å².